The highest BCUT2D eigenvalue weighted by Crippen LogP contribution is 2.23. The number of rotatable bonds is 5. The lowest BCUT2D eigenvalue weighted by atomic mass is 10.1. The largest absolute Gasteiger partial charge is 0.465 e. The van der Waals surface area contributed by atoms with E-state index in [4.69, 9.17) is 4.74 Å². The van der Waals surface area contributed by atoms with E-state index < -0.39 is 16.0 Å². The van der Waals surface area contributed by atoms with Gasteiger partial charge in [0.05, 0.1) is 18.6 Å². The molecule has 0 N–H and O–H groups in total. The second kappa shape index (κ2) is 6.06. The first kappa shape index (κ1) is 15.5. The van der Waals surface area contributed by atoms with E-state index in [9.17, 15) is 13.2 Å². The molecule has 0 heterocycles. The molecule has 0 amide bonds. The normalized spacial score (nSPS) is 11.2. The third kappa shape index (κ3) is 4.24. The van der Waals surface area contributed by atoms with Crippen molar-refractivity contribution >= 4 is 21.7 Å². The number of sulfonamides is 1. The fourth-order valence-corrected chi connectivity index (χ4v) is 2.59. The van der Waals surface area contributed by atoms with Gasteiger partial charge >= 0.3 is 5.97 Å². The number of anilines is 1. The van der Waals surface area contributed by atoms with Crippen LogP contribution in [0.4, 0.5) is 5.69 Å². The number of esters is 1. The third-order valence-corrected chi connectivity index (χ3v) is 3.74. The van der Waals surface area contributed by atoms with Gasteiger partial charge in [-0.3, -0.25) is 9.10 Å². The number of nitrogens with zero attached hydrogens (tertiary/aromatic N) is 1. The van der Waals surface area contributed by atoms with E-state index in [0.717, 1.165) is 21.7 Å². The van der Waals surface area contributed by atoms with Crippen molar-refractivity contribution in [2.24, 2.45) is 0 Å². The van der Waals surface area contributed by atoms with Crippen LogP contribution in [0.2, 0.25) is 0 Å². The first-order valence-electron chi connectivity index (χ1n) is 5.96. The lowest BCUT2D eigenvalue weighted by Crippen LogP contribution is -2.36. The molecular weight excluding hydrogens is 266 g/mol. The lowest BCUT2D eigenvalue weighted by Gasteiger charge is -2.23. The lowest BCUT2D eigenvalue weighted by molar-refractivity contribution is -0.141. The molecule has 0 atom stereocenters. The SMILES string of the molecule is CCOC(=O)CN(c1cc(C)ccc1C)S(C)(=O)=O. The van der Waals surface area contributed by atoms with Gasteiger partial charge < -0.3 is 4.74 Å². The minimum absolute atomic E-state index is 0.225. The number of ether oxygens (including phenoxy) is 1. The smallest absolute Gasteiger partial charge is 0.326 e. The molecule has 0 fully saturated rings. The zero-order valence-electron chi connectivity index (χ0n) is 11.6. The topological polar surface area (TPSA) is 63.7 Å². The van der Waals surface area contributed by atoms with Crippen LogP contribution in [0.15, 0.2) is 18.2 Å². The summed E-state index contributed by atoms with van der Waals surface area (Å²) >= 11 is 0. The molecule has 0 unspecified atom stereocenters. The molecule has 1 aromatic carbocycles. The number of aryl methyl sites for hydroxylation is 2. The van der Waals surface area contributed by atoms with Gasteiger partial charge in [-0.15, -0.1) is 0 Å². The molecule has 6 heteroatoms. The van der Waals surface area contributed by atoms with Crippen LogP contribution in [0.1, 0.15) is 18.1 Å². The van der Waals surface area contributed by atoms with Crippen LogP contribution >= 0.6 is 0 Å². The van der Waals surface area contributed by atoms with Gasteiger partial charge in [-0.2, -0.15) is 0 Å². The van der Waals surface area contributed by atoms with Gasteiger partial charge in [-0.1, -0.05) is 12.1 Å². The van der Waals surface area contributed by atoms with E-state index >= 15 is 0 Å². The van der Waals surface area contributed by atoms with Crippen LogP contribution in [0.5, 0.6) is 0 Å². The molecular formula is C13H19NO4S. The minimum atomic E-state index is -3.54. The summed E-state index contributed by atoms with van der Waals surface area (Å²) in [5.41, 5.74) is 2.23. The summed E-state index contributed by atoms with van der Waals surface area (Å²) in [5, 5.41) is 0. The zero-order chi connectivity index (χ0) is 14.6. The molecule has 0 radical (unpaired) electrons. The average Bonchev–Trinajstić information content (AvgIpc) is 2.28. The van der Waals surface area contributed by atoms with Crippen LogP contribution in [0.3, 0.4) is 0 Å². The summed E-state index contributed by atoms with van der Waals surface area (Å²) in [5.74, 6) is -0.561. The molecule has 0 saturated heterocycles. The van der Waals surface area contributed by atoms with E-state index in [0.29, 0.717) is 5.69 Å². The maximum absolute atomic E-state index is 11.9. The molecule has 1 aromatic rings. The zero-order valence-corrected chi connectivity index (χ0v) is 12.5. The fraction of sp³-hybridized carbons (Fsp3) is 0.462. The molecule has 0 aliphatic carbocycles. The Morgan fingerprint density at radius 1 is 1.32 bits per heavy atom. The number of hydrogen-bond donors (Lipinski definition) is 0. The summed E-state index contributed by atoms with van der Waals surface area (Å²) in [4.78, 5) is 11.5. The van der Waals surface area contributed by atoms with Crippen molar-refractivity contribution in [3.8, 4) is 0 Å². The minimum Gasteiger partial charge on any atom is -0.465 e. The highest BCUT2D eigenvalue weighted by Gasteiger charge is 2.22. The van der Waals surface area contributed by atoms with Gasteiger partial charge in [-0.05, 0) is 38.0 Å². The summed E-state index contributed by atoms with van der Waals surface area (Å²) in [6.45, 7) is 5.27. The number of carbonyl (C=O) groups is 1. The molecule has 0 aliphatic rings. The van der Waals surface area contributed by atoms with Crippen molar-refractivity contribution < 1.29 is 17.9 Å². The Morgan fingerprint density at radius 3 is 2.47 bits per heavy atom. The van der Waals surface area contributed by atoms with Crippen LogP contribution in [0, 0.1) is 13.8 Å². The Morgan fingerprint density at radius 2 is 1.95 bits per heavy atom. The van der Waals surface area contributed by atoms with Gasteiger partial charge in [0.25, 0.3) is 0 Å². The molecule has 106 valence electrons. The Labute approximate surface area is 114 Å². The number of carbonyl (C=O) groups excluding carboxylic acids is 1. The van der Waals surface area contributed by atoms with Crippen molar-refractivity contribution in [2.45, 2.75) is 20.8 Å². The summed E-state index contributed by atoms with van der Waals surface area (Å²) in [7, 11) is -3.54. The second-order valence-corrected chi connectivity index (χ2v) is 6.27. The maximum Gasteiger partial charge on any atom is 0.326 e. The molecule has 0 aliphatic heterocycles. The Hall–Kier alpha value is -1.56. The van der Waals surface area contributed by atoms with Crippen LogP contribution in [-0.4, -0.2) is 33.8 Å². The highest BCUT2D eigenvalue weighted by molar-refractivity contribution is 7.92. The maximum atomic E-state index is 11.9. The fourth-order valence-electron chi connectivity index (χ4n) is 1.69. The predicted octanol–water partition coefficient (Wildman–Crippen LogP) is 1.63. The van der Waals surface area contributed by atoms with Crippen molar-refractivity contribution in [1.82, 2.24) is 0 Å². The predicted molar refractivity (Wildman–Crippen MR) is 74.7 cm³/mol. The van der Waals surface area contributed by atoms with Crippen molar-refractivity contribution in [2.75, 3.05) is 23.7 Å². The van der Waals surface area contributed by atoms with E-state index in [1.807, 2.05) is 19.1 Å². The highest BCUT2D eigenvalue weighted by atomic mass is 32.2. The number of benzene rings is 1. The van der Waals surface area contributed by atoms with E-state index in [1.54, 1.807) is 19.9 Å². The van der Waals surface area contributed by atoms with E-state index in [-0.39, 0.29) is 13.2 Å². The molecule has 0 saturated carbocycles. The summed E-state index contributed by atoms with van der Waals surface area (Å²) in [6.07, 6.45) is 1.08. The summed E-state index contributed by atoms with van der Waals surface area (Å²) in [6, 6.07) is 5.47. The van der Waals surface area contributed by atoms with Crippen molar-refractivity contribution in [3.05, 3.63) is 29.3 Å². The summed E-state index contributed by atoms with van der Waals surface area (Å²) < 4.78 is 29.6. The Bertz CT molecular complexity index is 566. The van der Waals surface area contributed by atoms with Crippen molar-refractivity contribution in [1.29, 1.82) is 0 Å². The monoisotopic (exact) mass is 285 g/mol. The van der Waals surface area contributed by atoms with Crippen LogP contribution in [-0.2, 0) is 19.6 Å². The quantitative estimate of drug-likeness (QED) is 0.771. The van der Waals surface area contributed by atoms with Crippen molar-refractivity contribution in [3.63, 3.8) is 0 Å². The van der Waals surface area contributed by atoms with Gasteiger partial charge in [-0.25, -0.2) is 8.42 Å². The first-order valence-corrected chi connectivity index (χ1v) is 7.81. The van der Waals surface area contributed by atoms with Gasteiger partial charge in [0, 0.05) is 0 Å². The molecule has 0 bridgehead atoms. The standard InChI is InChI=1S/C13H19NO4S/c1-5-18-13(15)9-14(19(4,16)17)12-8-10(2)6-7-11(12)3/h6-8H,5,9H2,1-4H3. The molecule has 5 nitrogen and oxygen atoms in total. The molecule has 1 rings (SSSR count). The second-order valence-electron chi connectivity index (χ2n) is 4.36. The van der Waals surface area contributed by atoms with E-state index in [2.05, 4.69) is 0 Å². The van der Waals surface area contributed by atoms with Crippen LogP contribution < -0.4 is 4.31 Å². The van der Waals surface area contributed by atoms with Crippen LogP contribution in [0.25, 0.3) is 0 Å². The third-order valence-electron chi connectivity index (χ3n) is 2.61. The van der Waals surface area contributed by atoms with Gasteiger partial charge in [0.15, 0.2) is 0 Å². The average molecular weight is 285 g/mol. The molecule has 0 aromatic heterocycles. The molecule has 0 spiro atoms. The van der Waals surface area contributed by atoms with Gasteiger partial charge in [0.1, 0.15) is 6.54 Å². The Balaban J connectivity index is 3.18. The first-order chi connectivity index (χ1) is 8.75. The Kier molecular flexibility index (Phi) is 4.94. The van der Waals surface area contributed by atoms with E-state index in [1.165, 1.54) is 0 Å². The van der Waals surface area contributed by atoms with Gasteiger partial charge in [0.2, 0.25) is 10.0 Å². The number of hydrogen-bond acceptors (Lipinski definition) is 4. The molecule has 19 heavy (non-hydrogen) atoms.